The van der Waals surface area contributed by atoms with Crippen LogP contribution in [0.3, 0.4) is 0 Å². The number of hydrogen-bond donors (Lipinski definition) is 0. The first kappa shape index (κ1) is 33.9. The van der Waals surface area contributed by atoms with Gasteiger partial charge in [0.25, 0.3) is 0 Å². The van der Waals surface area contributed by atoms with Crippen LogP contribution in [0, 0.1) is 11.8 Å². The zero-order chi connectivity index (χ0) is 37.3. The summed E-state index contributed by atoms with van der Waals surface area (Å²) in [5, 5.41) is 0. The molecule has 2 nitrogen and oxygen atoms in total. The number of nitrogens with zero attached hydrogens (tertiary/aromatic N) is 2. The molecule has 2 heteroatoms. The third kappa shape index (κ3) is 5.60. The molecule has 5 unspecified atom stereocenters. The van der Waals surface area contributed by atoms with Crippen LogP contribution in [0.15, 0.2) is 181 Å². The fourth-order valence-corrected chi connectivity index (χ4v) is 10.9. The largest absolute Gasteiger partial charge is 0.333 e. The van der Waals surface area contributed by atoms with Gasteiger partial charge >= 0.3 is 0 Å². The highest BCUT2D eigenvalue weighted by molar-refractivity contribution is 5.84. The minimum absolute atomic E-state index is 0.0570. The highest BCUT2D eigenvalue weighted by Gasteiger charge is 2.45. The average molecular weight is 715 g/mol. The van der Waals surface area contributed by atoms with Crippen LogP contribution in [0.25, 0.3) is 11.1 Å². The zero-order valence-electron chi connectivity index (χ0n) is 32.5. The molecular formula is C53H50N2. The lowest BCUT2D eigenvalue weighted by Crippen LogP contribution is -2.36. The Balaban J connectivity index is 1.02. The first-order valence-electron chi connectivity index (χ1n) is 20.3. The van der Waals surface area contributed by atoms with Gasteiger partial charge in [-0.25, -0.2) is 0 Å². The molecule has 0 bridgehead atoms. The Morgan fingerprint density at radius 2 is 1.40 bits per heavy atom. The predicted molar refractivity (Wildman–Crippen MR) is 231 cm³/mol. The van der Waals surface area contributed by atoms with Crippen molar-refractivity contribution in [1.82, 2.24) is 0 Å². The van der Waals surface area contributed by atoms with Gasteiger partial charge in [0.15, 0.2) is 0 Å². The van der Waals surface area contributed by atoms with Crippen LogP contribution >= 0.6 is 0 Å². The summed E-state index contributed by atoms with van der Waals surface area (Å²) >= 11 is 0. The smallest absolute Gasteiger partial charge is 0.0630 e. The normalized spacial score (nSPS) is 25.8. The summed E-state index contributed by atoms with van der Waals surface area (Å²) in [5.41, 5.74) is 16.5. The molecule has 5 atom stereocenters. The third-order valence-corrected chi connectivity index (χ3v) is 13.5. The molecule has 0 fully saturated rings. The lowest BCUT2D eigenvalue weighted by Gasteiger charge is -2.43. The molecule has 0 spiro atoms. The Hall–Kier alpha value is -5.60. The van der Waals surface area contributed by atoms with E-state index in [-0.39, 0.29) is 16.9 Å². The molecule has 0 aromatic heterocycles. The molecule has 5 aromatic carbocycles. The molecular weight excluding hydrogens is 665 g/mol. The van der Waals surface area contributed by atoms with Gasteiger partial charge in [-0.2, -0.15) is 0 Å². The van der Waals surface area contributed by atoms with E-state index in [0.29, 0.717) is 17.8 Å². The SMILES string of the molecule is CC1C=C(N(C2=CC=C3c4ccccc4C(C)(C)C3C2)c2ccc(C3=CC4c5ccccc5N(c5ccccc5)C4C=C3)cc2)CC(C)(c2ccccc2)C1. The van der Waals surface area contributed by atoms with Gasteiger partial charge in [0.1, 0.15) is 0 Å². The number of rotatable bonds is 6. The Kier molecular flexibility index (Phi) is 8.03. The molecule has 5 aromatic rings. The van der Waals surface area contributed by atoms with Crippen molar-refractivity contribution in [3.63, 3.8) is 0 Å². The molecule has 4 aliphatic carbocycles. The van der Waals surface area contributed by atoms with E-state index in [1.165, 1.54) is 67.4 Å². The Bertz CT molecular complexity index is 2430. The van der Waals surface area contributed by atoms with Crippen molar-refractivity contribution in [2.75, 3.05) is 9.80 Å². The molecule has 0 saturated heterocycles. The number of hydrogen-bond acceptors (Lipinski definition) is 2. The van der Waals surface area contributed by atoms with Crippen molar-refractivity contribution >= 4 is 28.2 Å². The summed E-state index contributed by atoms with van der Waals surface area (Å²) in [5.74, 6) is 1.20. The lowest BCUT2D eigenvalue weighted by molar-refractivity contribution is 0.356. The number of allylic oxidation sites excluding steroid dienone is 8. The predicted octanol–water partition coefficient (Wildman–Crippen LogP) is 13.3. The van der Waals surface area contributed by atoms with Crippen molar-refractivity contribution in [3.8, 4) is 0 Å². The van der Waals surface area contributed by atoms with Crippen LogP contribution < -0.4 is 9.80 Å². The Morgan fingerprint density at radius 1 is 0.691 bits per heavy atom. The summed E-state index contributed by atoms with van der Waals surface area (Å²) in [6, 6.07) is 49.8. The maximum absolute atomic E-state index is 2.64. The average Bonchev–Trinajstić information content (AvgIpc) is 3.66. The van der Waals surface area contributed by atoms with E-state index in [1.54, 1.807) is 0 Å². The van der Waals surface area contributed by atoms with Gasteiger partial charge in [0.2, 0.25) is 0 Å². The van der Waals surface area contributed by atoms with Gasteiger partial charge in [-0.3, -0.25) is 0 Å². The molecule has 55 heavy (non-hydrogen) atoms. The molecule has 272 valence electrons. The third-order valence-electron chi connectivity index (χ3n) is 13.5. The Labute approximate surface area is 327 Å². The number of para-hydroxylation sites is 2. The van der Waals surface area contributed by atoms with Gasteiger partial charge in [-0.05, 0) is 117 Å². The number of anilines is 3. The zero-order valence-corrected chi connectivity index (χ0v) is 32.5. The molecule has 0 N–H and O–H groups in total. The van der Waals surface area contributed by atoms with Gasteiger partial charge < -0.3 is 9.80 Å². The highest BCUT2D eigenvalue weighted by Crippen LogP contribution is 2.55. The molecule has 1 aliphatic heterocycles. The molecule has 0 saturated carbocycles. The quantitative estimate of drug-likeness (QED) is 0.173. The van der Waals surface area contributed by atoms with Crippen molar-refractivity contribution in [2.24, 2.45) is 11.8 Å². The summed E-state index contributed by atoms with van der Waals surface area (Å²) in [6.07, 6.45) is 17.9. The minimum Gasteiger partial charge on any atom is -0.333 e. The molecule has 0 amide bonds. The maximum Gasteiger partial charge on any atom is 0.0630 e. The van der Waals surface area contributed by atoms with E-state index in [2.05, 4.69) is 207 Å². The second kappa shape index (κ2) is 13.0. The standard InChI is InChI=1S/C53H50N2/c1-36-31-43(35-53(4,34-36)39-15-7-5-8-16-39)54(42-28-29-45-44-19-11-13-21-48(44)52(2,3)49(45)33-42)41-26-23-37(24-27-41)38-25-30-51-47(32-38)46-20-12-14-22-50(46)55(51)40-17-9-6-10-18-40/h5-32,36,47,49,51H,33-35H2,1-4H3. The van der Waals surface area contributed by atoms with E-state index < -0.39 is 0 Å². The van der Waals surface area contributed by atoms with Crippen LogP contribution in [0.4, 0.5) is 17.1 Å². The van der Waals surface area contributed by atoms with Crippen LogP contribution in [0.2, 0.25) is 0 Å². The molecule has 5 aliphatic rings. The van der Waals surface area contributed by atoms with Crippen LogP contribution in [0.5, 0.6) is 0 Å². The van der Waals surface area contributed by atoms with E-state index >= 15 is 0 Å². The molecule has 0 radical (unpaired) electrons. The summed E-state index contributed by atoms with van der Waals surface area (Å²) < 4.78 is 0. The van der Waals surface area contributed by atoms with Gasteiger partial charge in [-0.1, -0.05) is 161 Å². The van der Waals surface area contributed by atoms with E-state index in [4.69, 9.17) is 0 Å². The van der Waals surface area contributed by atoms with Gasteiger partial charge in [0.05, 0.1) is 6.04 Å². The van der Waals surface area contributed by atoms with E-state index in [0.717, 1.165) is 19.3 Å². The van der Waals surface area contributed by atoms with Crippen molar-refractivity contribution in [3.05, 3.63) is 209 Å². The maximum atomic E-state index is 2.64. The van der Waals surface area contributed by atoms with Crippen LogP contribution in [0.1, 0.15) is 80.7 Å². The minimum atomic E-state index is 0.0570. The van der Waals surface area contributed by atoms with Crippen molar-refractivity contribution in [2.45, 2.75) is 69.7 Å². The number of fused-ring (bicyclic) bond motifs is 6. The van der Waals surface area contributed by atoms with Crippen molar-refractivity contribution < 1.29 is 0 Å². The topological polar surface area (TPSA) is 6.48 Å². The highest BCUT2D eigenvalue weighted by atomic mass is 15.2. The lowest BCUT2D eigenvalue weighted by atomic mass is 9.69. The second-order valence-electron chi connectivity index (χ2n) is 17.4. The second-order valence-corrected chi connectivity index (χ2v) is 17.4. The summed E-state index contributed by atoms with van der Waals surface area (Å²) in [4.78, 5) is 5.15. The first-order valence-corrected chi connectivity index (χ1v) is 20.3. The summed E-state index contributed by atoms with van der Waals surface area (Å²) in [6.45, 7) is 9.78. The summed E-state index contributed by atoms with van der Waals surface area (Å²) in [7, 11) is 0. The fourth-order valence-electron chi connectivity index (χ4n) is 10.9. The fraction of sp³-hybridized carbons (Fsp3) is 0.245. The monoisotopic (exact) mass is 714 g/mol. The van der Waals surface area contributed by atoms with Gasteiger partial charge in [-0.15, -0.1) is 0 Å². The van der Waals surface area contributed by atoms with Gasteiger partial charge in [0, 0.05) is 34.4 Å². The first-order chi connectivity index (χ1) is 26.8. The van der Waals surface area contributed by atoms with E-state index in [9.17, 15) is 0 Å². The van der Waals surface area contributed by atoms with Crippen LogP contribution in [-0.4, -0.2) is 6.04 Å². The van der Waals surface area contributed by atoms with E-state index in [1.807, 2.05) is 0 Å². The van der Waals surface area contributed by atoms with Crippen molar-refractivity contribution in [1.29, 1.82) is 0 Å². The molecule has 10 rings (SSSR count). The number of benzene rings is 5. The Morgan fingerprint density at radius 3 is 2.20 bits per heavy atom. The molecule has 1 heterocycles. The van der Waals surface area contributed by atoms with Crippen LogP contribution in [-0.2, 0) is 10.8 Å².